The van der Waals surface area contributed by atoms with E-state index in [9.17, 15) is 13.5 Å². The summed E-state index contributed by atoms with van der Waals surface area (Å²) in [6.07, 6.45) is 6.71. The zero-order valence-corrected chi connectivity index (χ0v) is 27.2. The summed E-state index contributed by atoms with van der Waals surface area (Å²) in [7, 11) is -3.58. The summed E-state index contributed by atoms with van der Waals surface area (Å²) >= 11 is 0. The maximum atomic E-state index is 13.5. The summed E-state index contributed by atoms with van der Waals surface area (Å²) < 4.78 is 46.7. The molecule has 3 fully saturated rings. The predicted molar refractivity (Wildman–Crippen MR) is 169 cm³/mol. The van der Waals surface area contributed by atoms with Crippen molar-refractivity contribution in [2.24, 2.45) is 23.7 Å². The zero-order chi connectivity index (χ0) is 31.1. The molecule has 1 aromatic carbocycles. The van der Waals surface area contributed by atoms with Gasteiger partial charge in [-0.05, 0) is 80.1 Å². The van der Waals surface area contributed by atoms with Gasteiger partial charge in [-0.1, -0.05) is 58.5 Å². The Balaban J connectivity index is 1.46. The van der Waals surface area contributed by atoms with Gasteiger partial charge in [0.2, 0.25) is 0 Å². The lowest BCUT2D eigenvalue weighted by Gasteiger charge is -2.38. The first-order valence-corrected chi connectivity index (χ1v) is 18.0. The number of aliphatic hydroxyl groups excluding tert-OH is 2. The van der Waals surface area contributed by atoms with Gasteiger partial charge in [-0.25, -0.2) is 8.42 Å². The van der Waals surface area contributed by atoms with Crippen molar-refractivity contribution in [2.45, 2.75) is 120 Å². The van der Waals surface area contributed by atoms with Crippen LogP contribution in [0.2, 0.25) is 0 Å². The highest BCUT2D eigenvalue weighted by Crippen LogP contribution is 2.43. The van der Waals surface area contributed by atoms with Gasteiger partial charge in [-0.3, -0.25) is 0 Å². The highest BCUT2D eigenvalue weighted by Gasteiger charge is 2.48. The molecule has 3 aliphatic heterocycles. The van der Waals surface area contributed by atoms with Crippen LogP contribution in [0.4, 0.5) is 0 Å². The van der Waals surface area contributed by atoms with Crippen molar-refractivity contribution in [3.8, 4) is 0 Å². The summed E-state index contributed by atoms with van der Waals surface area (Å²) in [5.41, 5.74) is 2.15. The van der Waals surface area contributed by atoms with Crippen LogP contribution in [0.15, 0.2) is 59.5 Å². The molecular formula is C35H54O7S. The minimum Gasteiger partial charge on any atom is -0.396 e. The molecule has 4 rings (SSSR count). The first-order chi connectivity index (χ1) is 20.6. The molecule has 2 unspecified atom stereocenters. The monoisotopic (exact) mass is 618 g/mol. The first kappa shape index (κ1) is 34.3. The van der Waals surface area contributed by atoms with E-state index in [-0.39, 0.29) is 73.3 Å². The molecule has 7 nitrogen and oxygen atoms in total. The van der Waals surface area contributed by atoms with E-state index in [1.165, 1.54) is 0 Å². The third kappa shape index (κ3) is 8.80. The maximum Gasteiger partial charge on any atom is 0.178 e. The molecule has 3 heterocycles. The van der Waals surface area contributed by atoms with Crippen molar-refractivity contribution in [1.29, 1.82) is 0 Å². The van der Waals surface area contributed by atoms with E-state index < -0.39 is 9.84 Å². The molecule has 8 heteroatoms. The Hall–Kier alpha value is -1.55. The molecular weight excluding hydrogens is 564 g/mol. The van der Waals surface area contributed by atoms with Crippen LogP contribution in [0.1, 0.15) is 78.6 Å². The van der Waals surface area contributed by atoms with Gasteiger partial charge in [-0.15, -0.1) is 0 Å². The number of benzene rings is 1. The Morgan fingerprint density at radius 3 is 2.35 bits per heavy atom. The second-order valence-corrected chi connectivity index (χ2v) is 15.3. The van der Waals surface area contributed by atoms with Crippen LogP contribution in [-0.2, 0) is 24.0 Å². The number of hydrogen-bond acceptors (Lipinski definition) is 7. The second kappa shape index (κ2) is 15.6. The summed E-state index contributed by atoms with van der Waals surface area (Å²) in [5, 5.41) is 19.7. The van der Waals surface area contributed by atoms with Gasteiger partial charge >= 0.3 is 0 Å². The van der Waals surface area contributed by atoms with Crippen molar-refractivity contribution in [3.05, 3.63) is 54.6 Å². The van der Waals surface area contributed by atoms with Gasteiger partial charge < -0.3 is 24.4 Å². The molecule has 0 bridgehead atoms. The zero-order valence-electron chi connectivity index (χ0n) is 26.4. The fourth-order valence-corrected chi connectivity index (χ4v) is 8.94. The lowest BCUT2D eigenvalue weighted by Crippen LogP contribution is -2.39. The highest BCUT2D eigenvalue weighted by molar-refractivity contribution is 7.91. The first-order valence-electron chi connectivity index (χ1n) is 16.4. The highest BCUT2D eigenvalue weighted by atomic mass is 32.2. The van der Waals surface area contributed by atoms with Crippen LogP contribution >= 0.6 is 0 Å². The van der Waals surface area contributed by atoms with E-state index in [4.69, 9.17) is 19.3 Å². The largest absolute Gasteiger partial charge is 0.396 e. The average molecular weight is 619 g/mol. The minimum atomic E-state index is -3.58. The predicted octanol–water partition coefficient (Wildman–Crippen LogP) is 5.89. The van der Waals surface area contributed by atoms with E-state index in [1.807, 2.05) is 6.07 Å². The van der Waals surface area contributed by atoms with Crippen molar-refractivity contribution < 1.29 is 32.8 Å². The Kier molecular flexibility index (Phi) is 12.5. The van der Waals surface area contributed by atoms with E-state index >= 15 is 0 Å². The second-order valence-electron chi connectivity index (χ2n) is 13.3. The SMILES string of the molecule is C=C1C[C@H](CCCO)OC1CC[C@H]1C[C@@H](C)C(=C)C(C[C@@H]2O[C@H](C[C@H](C)CC)[C@H](CO)[C@H]2CS(=O)(=O)c2ccccc2)O1. The molecule has 0 saturated carbocycles. The Labute approximate surface area is 259 Å². The summed E-state index contributed by atoms with van der Waals surface area (Å²) in [4.78, 5) is 0.303. The lowest BCUT2D eigenvalue weighted by atomic mass is 9.81. The van der Waals surface area contributed by atoms with E-state index in [2.05, 4.69) is 33.9 Å². The number of rotatable bonds is 15. The van der Waals surface area contributed by atoms with Crippen LogP contribution in [0.3, 0.4) is 0 Å². The fraction of sp³-hybridized carbons (Fsp3) is 0.714. The topological polar surface area (TPSA) is 102 Å². The Morgan fingerprint density at radius 1 is 0.953 bits per heavy atom. The molecule has 0 amide bonds. The summed E-state index contributed by atoms with van der Waals surface area (Å²) in [6.45, 7) is 15.2. The molecule has 0 radical (unpaired) electrons. The van der Waals surface area contributed by atoms with Gasteiger partial charge in [0.05, 0.1) is 47.3 Å². The van der Waals surface area contributed by atoms with Crippen molar-refractivity contribution in [1.82, 2.24) is 0 Å². The van der Waals surface area contributed by atoms with Gasteiger partial charge in [0, 0.05) is 31.5 Å². The third-order valence-corrected chi connectivity index (χ3v) is 11.9. The van der Waals surface area contributed by atoms with Crippen molar-refractivity contribution in [3.63, 3.8) is 0 Å². The van der Waals surface area contributed by atoms with Crippen LogP contribution < -0.4 is 0 Å². The summed E-state index contributed by atoms with van der Waals surface area (Å²) in [5.74, 6) is 0.00600. The van der Waals surface area contributed by atoms with Crippen molar-refractivity contribution in [2.75, 3.05) is 19.0 Å². The van der Waals surface area contributed by atoms with Gasteiger partial charge in [0.1, 0.15) is 0 Å². The third-order valence-electron chi connectivity index (χ3n) is 10.1. The summed E-state index contributed by atoms with van der Waals surface area (Å²) in [6, 6.07) is 8.58. The number of sulfone groups is 1. The number of aliphatic hydroxyl groups is 2. The molecule has 242 valence electrons. The van der Waals surface area contributed by atoms with E-state index in [0.717, 1.165) is 62.5 Å². The van der Waals surface area contributed by atoms with Crippen LogP contribution in [0.25, 0.3) is 0 Å². The molecule has 3 aliphatic rings. The maximum absolute atomic E-state index is 13.5. The lowest BCUT2D eigenvalue weighted by molar-refractivity contribution is -0.0739. The standard InChI is InChI=1S/C35H54O7S/c1-6-23(2)17-34-30(21-37)31(22-43(38,39)29-12-8-7-9-13-29)35(42-34)20-33-26(5)24(3)18-28(41-33)14-15-32-25(4)19-27(40-32)11-10-16-36/h7-9,12-13,23-24,27-28,30-37H,4-6,10-11,14-22H2,1-3H3/t23-,24-,27+,28+,30-,31-,32?,33?,34-,35+/m1/s1. The molecule has 3 saturated heterocycles. The Morgan fingerprint density at radius 2 is 1.67 bits per heavy atom. The van der Waals surface area contributed by atoms with Gasteiger partial charge in [0.15, 0.2) is 9.84 Å². The minimum absolute atomic E-state index is 0.0172. The average Bonchev–Trinajstić information content (AvgIpc) is 3.50. The van der Waals surface area contributed by atoms with Crippen LogP contribution in [0, 0.1) is 23.7 Å². The van der Waals surface area contributed by atoms with Crippen molar-refractivity contribution >= 4 is 9.84 Å². The molecule has 0 aromatic heterocycles. The number of hydrogen-bond donors (Lipinski definition) is 2. The molecule has 1 aromatic rings. The number of ether oxygens (including phenoxy) is 3. The van der Waals surface area contributed by atoms with Gasteiger partial charge in [0.25, 0.3) is 0 Å². The van der Waals surface area contributed by atoms with Crippen LogP contribution in [-0.4, -0.2) is 74.2 Å². The molecule has 0 spiro atoms. The fourth-order valence-electron chi connectivity index (χ4n) is 7.20. The van der Waals surface area contributed by atoms with E-state index in [0.29, 0.717) is 17.2 Å². The Bertz CT molecular complexity index is 1150. The van der Waals surface area contributed by atoms with E-state index in [1.54, 1.807) is 24.3 Å². The quantitative estimate of drug-likeness (QED) is 0.236. The molecule has 2 N–H and O–H groups in total. The smallest absolute Gasteiger partial charge is 0.178 e. The molecule has 43 heavy (non-hydrogen) atoms. The molecule has 0 aliphatic carbocycles. The van der Waals surface area contributed by atoms with Crippen LogP contribution in [0.5, 0.6) is 0 Å². The molecule has 10 atom stereocenters. The normalized spacial score (nSPS) is 34.1. The van der Waals surface area contributed by atoms with Gasteiger partial charge in [-0.2, -0.15) is 0 Å².